The molecule has 1 aromatic carbocycles. The minimum Gasteiger partial charge on any atom is -0.495 e. The van der Waals surface area contributed by atoms with Crippen molar-refractivity contribution >= 4 is 17.4 Å². The second-order valence-electron chi connectivity index (χ2n) is 7.31. The Bertz CT molecular complexity index is 821. The number of nitrogens with one attached hydrogen (secondary N) is 1. The molecule has 27 heavy (non-hydrogen) atoms. The molecule has 1 amide bonds. The van der Waals surface area contributed by atoms with Gasteiger partial charge in [-0.3, -0.25) is 4.79 Å². The quantitative estimate of drug-likeness (QED) is 0.882. The number of anilines is 2. The molecule has 1 aromatic heterocycles. The fraction of sp³-hybridized carbons (Fsp3) is 0.429. The number of amides is 1. The molecule has 2 aliphatic rings. The molecule has 0 radical (unpaired) electrons. The van der Waals surface area contributed by atoms with Crippen LogP contribution in [0.2, 0.25) is 0 Å². The predicted molar refractivity (Wildman–Crippen MR) is 107 cm³/mol. The van der Waals surface area contributed by atoms with E-state index in [0.29, 0.717) is 11.6 Å². The van der Waals surface area contributed by atoms with Gasteiger partial charge in [0.2, 0.25) is 0 Å². The van der Waals surface area contributed by atoms with Crippen LogP contribution in [0.5, 0.6) is 5.75 Å². The Balaban J connectivity index is 1.47. The van der Waals surface area contributed by atoms with Crippen molar-refractivity contribution < 1.29 is 9.53 Å². The minimum absolute atomic E-state index is 0.00135. The zero-order chi connectivity index (χ0) is 18.8. The van der Waals surface area contributed by atoms with Crippen LogP contribution in [0, 0.1) is 0 Å². The van der Waals surface area contributed by atoms with Crippen LogP contribution in [-0.4, -0.2) is 49.7 Å². The summed E-state index contributed by atoms with van der Waals surface area (Å²) in [5.41, 5.74) is 1.81. The second-order valence-corrected chi connectivity index (χ2v) is 7.31. The Kier molecular flexibility index (Phi) is 4.88. The molecule has 1 aliphatic carbocycles. The maximum Gasteiger partial charge on any atom is 0.251 e. The summed E-state index contributed by atoms with van der Waals surface area (Å²) in [6.45, 7) is 4.80. The molecule has 1 aliphatic heterocycles. The second kappa shape index (κ2) is 7.47. The summed E-state index contributed by atoms with van der Waals surface area (Å²) in [6.07, 6.45) is 3.91. The lowest BCUT2D eigenvalue weighted by molar-refractivity contribution is 0.0951. The van der Waals surface area contributed by atoms with E-state index >= 15 is 0 Å². The van der Waals surface area contributed by atoms with Crippen LogP contribution in [0.1, 0.15) is 30.1 Å². The third kappa shape index (κ3) is 3.84. The molecule has 1 saturated carbocycles. The first kappa shape index (κ1) is 17.6. The van der Waals surface area contributed by atoms with Crippen LogP contribution in [0.4, 0.5) is 11.5 Å². The van der Waals surface area contributed by atoms with Crippen molar-refractivity contribution in [3.05, 3.63) is 48.2 Å². The fourth-order valence-corrected chi connectivity index (χ4v) is 3.62. The van der Waals surface area contributed by atoms with Crippen molar-refractivity contribution in [2.24, 2.45) is 0 Å². The van der Waals surface area contributed by atoms with Crippen molar-refractivity contribution in [3.63, 3.8) is 0 Å². The highest BCUT2D eigenvalue weighted by Gasteiger charge is 2.27. The highest BCUT2D eigenvalue weighted by molar-refractivity contribution is 5.95. The largest absolute Gasteiger partial charge is 0.495 e. The molecule has 0 unspecified atom stereocenters. The summed E-state index contributed by atoms with van der Waals surface area (Å²) >= 11 is 0. The van der Waals surface area contributed by atoms with Gasteiger partial charge in [-0.15, -0.1) is 0 Å². The van der Waals surface area contributed by atoms with E-state index in [4.69, 9.17) is 4.74 Å². The molecule has 4 rings (SSSR count). The minimum atomic E-state index is 0.00135. The molecule has 6 heteroatoms. The number of pyridine rings is 1. The van der Waals surface area contributed by atoms with E-state index in [1.165, 1.54) is 0 Å². The zero-order valence-electron chi connectivity index (χ0n) is 15.9. The van der Waals surface area contributed by atoms with Crippen molar-refractivity contribution in [3.8, 4) is 5.75 Å². The number of para-hydroxylation sites is 2. The van der Waals surface area contributed by atoms with E-state index in [1.807, 2.05) is 24.3 Å². The van der Waals surface area contributed by atoms with Gasteiger partial charge in [-0.05, 0) is 44.0 Å². The van der Waals surface area contributed by atoms with Crippen LogP contribution < -0.4 is 19.9 Å². The van der Waals surface area contributed by atoms with Crippen LogP contribution in [0.3, 0.4) is 0 Å². The van der Waals surface area contributed by atoms with Gasteiger partial charge < -0.3 is 19.9 Å². The molecular formula is C21H26N4O2. The number of rotatable bonds is 5. The summed E-state index contributed by atoms with van der Waals surface area (Å²) < 4.78 is 5.51. The van der Waals surface area contributed by atoms with Crippen molar-refractivity contribution in [2.45, 2.75) is 31.8 Å². The number of ether oxygens (including phenoxy) is 1. The van der Waals surface area contributed by atoms with E-state index in [-0.39, 0.29) is 11.9 Å². The zero-order valence-corrected chi connectivity index (χ0v) is 15.9. The van der Waals surface area contributed by atoms with Gasteiger partial charge >= 0.3 is 0 Å². The van der Waals surface area contributed by atoms with Crippen LogP contribution in [0.15, 0.2) is 42.6 Å². The van der Waals surface area contributed by atoms with E-state index in [1.54, 1.807) is 19.4 Å². The van der Waals surface area contributed by atoms with Gasteiger partial charge in [-0.1, -0.05) is 12.1 Å². The molecule has 1 N–H and O–H groups in total. The average Bonchev–Trinajstić information content (AvgIpc) is 3.52. The number of hydrogen-bond acceptors (Lipinski definition) is 5. The smallest absolute Gasteiger partial charge is 0.251 e. The summed E-state index contributed by atoms with van der Waals surface area (Å²) in [5, 5.41) is 3.05. The number of hydrogen-bond donors (Lipinski definition) is 1. The predicted octanol–water partition coefficient (Wildman–Crippen LogP) is 2.70. The Hall–Kier alpha value is -2.76. The Morgan fingerprint density at radius 1 is 1.22 bits per heavy atom. The summed E-state index contributed by atoms with van der Waals surface area (Å²) in [4.78, 5) is 21.5. The van der Waals surface area contributed by atoms with Gasteiger partial charge in [0.15, 0.2) is 0 Å². The number of piperazine rings is 1. The molecular weight excluding hydrogens is 340 g/mol. The maximum absolute atomic E-state index is 12.3. The third-order valence-electron chi connectivity index (χ3n) is 5.27. The molecule has 2 fully saturated rings. The lowest BCUT2D eigenvalue weighted by Gasteiger charge is -2.42. The van der Waals surface area contributed by atoms with Gasteiger partial charge in [0.25, 0.3) is 5.91 Å². The van der Waals surface area contributed by atoms with Crippen LogP contribution in [-0.2, 0) is 0 Å². The standard InChI is InChI=1S/C21H26N4O2/c1-15-14-24(18-5-3-4-6-19(18)27-2)11-12-25(15)20-13-16(9-10-22-20)21(26)23-17-7-8-17/h3-6,9-10,13,15,17H,7-8,11-12,14H2,1-2H3,(H,23,26)/t15-/m0/s1. The average molecular weight is 366 g/mol. The first-order valence-electron chi connectivity index (χ1n) is 9.57. The van der Waals surface area contributed by atoms with Gasteiger partial charge in [-0.25, -0.2) is 4.98 Å². The number of aromatic nitrogens is 1. The lowest BCUT2D eigenvalue weighted by Crippen LogP contribution is -2.52. The van der Waals surface area contributed by atoms with Crippen molar-refractivity contribution in [1.29, 1.82) is 0 Å². The van der Waals surface area contributed by atoms with E-state index < -0.39 is 0 Å². The molecule has 1 atom stereocenters. The molecule has 0 bridgehead atoms. The van der Waals surface area contributed by atoms with Gasteiger partial charge in [-0.2, -0.15) is 0 Å². The first-order chi connectivity index (χ1) is 13.2. The summed E-state index contributed by atoms with van der Waals surface area (Å²) in [6, 6.07) is 12.5. The van der Waals surface area contributed by atoms with Gasteiger partial charge in [0, 0.05) is 43.5 Å². The highest BCUT2D eigenvalue weighted by atomic mass is 16.5. The SMILES string of the molecule is COc1ccccc1N1CCN(c2cc(C(=O)NC3CC3)ccn2)[C@@H](C)C1. The number of nitrogens with zero attached hydrogens (tertiary/aromatic N) is 3. The third-order valence-corrected chi connectivity index (χ3v) is 5.27. The number of carbonyl (C=O) groups excluding carboxylic acids is 1. The molecule has 6 nitrogen and oxygen atoms in total. The molecule has 0 spiro atoms. The van der Waals surface area contributed by atoms with Gasteiger partial charge in [0.1, 0.15) is 11.6 Å². The van der Waals surface area contributed by atoms with E-state index in [2.05, 4.69) is 33.1 Å². The monoisotopic (exact) mass is 366 g/mol. The maximum atomic E-state index is 12.3. The highest BCUT2D eigenvalue weighted by Crippen LogP contribution is 2.30. The first-order valence-corrected chi connectivity index (χ1v) is 9.57. The van der Waals surface area contributed by atoms with Crippen molar-refractivity contribution in [2.75, 3.05) is 36.5 Å². The van der Waals surface area contributed by atoms with E-state index in [0.717, 1.165) is 49.7 Å². The Labute approximate surface area is 160 Å². The Morgan fingerprint density at radius 3 is 2.78 bits per heavy atom. The number of carbonyl (C=O) groups is 1. The topological polar surface area (TPSA) is 57.7 Å². The van der Waals surface area contributed by atoms with Gasteiger partial charge in [0.05, 0.1) is 12.8 Å². The fourth-order valence-electron chi connectivity index (χ4n) is 3.62. The molecule has 2 heterocycles. The molecule has 142 valence electrons. The molecule has 2 aromatic rings. The van der Waals surface area contributed by atoms with Crippen molar-refractivity contribution in [1.82, 2.24) is 10.3 Å². The molecule has 1 saturated heterocycles. The van der Waals surface area contributed by atoms with Crippen LogP contribution in [0.25, 0.3) is 0 Å². The summed E-state index contributed by atoms with van der Waals surface area (Å²) in [5.74, 6) is 1.77. The Morgan fingerprint density at radius 2 is 2.04 bits per heavy atom. The number of methoxy groups -OCH3 is 1. The number of benzene rings is 1. The lowest BCUT2D eigenvalue weighted by atomic mass is 10.1. The van der Waals surface area contributed by atoms with E-state index in [9.17, 15) is 4.79 Å². The normalized spacial score (nSPS) is 19.7. The summed E-state index contributed by atoms with van der Waals surface area (Å²) in [7, 11) is 1.71. The van der Waals surface area contributed by atoms with Crippen LogP contribution >= 0.6 is 0 Å².